The molecule has 0 radical (unpaired) electrons. The Morgan fingerprint density at radius 1 is 1.50 bits per heavy atom. The van der Waals surface area contributed by atoms with Crippen molar-refractivity contribution in [3.05, 3.63) is 28.5 Å². The van der Waals surface area contributed by atoms with E-state index in [1.54, 1.807) is 13.0 Å². The molecule has 0 spiro atoms. The zero-order valence-electron chi connectivity index (χ0n) is 9.92. The smallest absolute Gasteiger partial charge is 0.265 e. The van der Waals surface area contributed by atoms with Gasteiger partial charge in [0.25, 0.3) is 11.8 Å². The van der Waals surface area contributed by atoms with Gasteiger partial charge in [0.1, 0.15) is 5.15 Å². The van der Waals surface area contributed by atoms with Gasteiger partial charge in [0, 0.05) is 18.7 Å². The van der Waals surface area contributed by atoms with Crippen molar-refractivity contribution in [1.82, 2.24) is 9.88 Å². The van der Waals surface area contributed by atoms with Crippen LogP contribution in [0.4, 0.5) is 8.78 Å². The Morgan fingerprint density at radius 2 is 2.22 bits per heavy atom. The molecule has 1 aliphatic heterocycles. The van der Waals surface area contributed by atoms with E-state index in [1.165, 1.54) is 6.07 Å². The summed E-state index contributed by atoms with van der Waals surface area (Å²) in [5, 5.41) is 0.0638. The van der Waals surface area contributed by atoms with Crippen LogP contribution in [0.15, 0.2) is 12.1 Å². The van der Waals surface area contributed by atoms with Crippen molar-refractivity contribution in [2.45, 2.75) is 25.7 Å². The number of rotatable bonds is 1. The lowest BCUT2D eigenvalue weighted by molar-refractivity contribution is -0.0560. The number of alkyl halides is 2. The summed E-state index contributed by atoms with van der Waals surface area (Å²) < 4.78 is 26.5. The van der Waals surface area contributed by atoms with Crippen molar-refractivity contribution < 1.29 is 13.6 Å². The number of nitrogens with zero attached hydrogens (tertiary/aromatic N) is 2. The molecule has 0 aliphatic carbocycles. The molecule has 3 nitrogen and oxygen atoms in total. The van der Waals surface area contributed by atoms with E-state index in [0.29, 0.717) is 18.7 Å². The van der Waals surface area contributed by atoms with Crippen LogP contribution in [0.2, 0.25) is 5.15 Å². The second kappa shape index (κ2) is 4.80. The Labute approximate surface area is 109 Å². The SMILES string of the molecule is Cc1ccc(C(=O)N2CCCC(F)(F)C2)c(Cl)n1. The second-order valence-electron chi connectivity index (χ2n) is 4.48. The number of carbonyl (C=O) groups excluding carboxylic acids is 1. The fourth-order valence-electron chi connectivity index (χ4n) is 1.99. The third-order valence-corrected chi connectivity index (χ3v) is 3.19. The highest BCUT2D eigenvalue weighted by Crippen LogP contribution is 2.28. The van der Waals surface area contributed by atoms with Crippen LogP contribution < -0.4 is 0 Å². The Balaban J connectivity index is 2.20. The molecule has 1 amide bonds. The summed E-state index contributed by atoms with van der Waals surface area (Å²) in [6.45, 7) is 1.53. The normalized spacial score (nSPS) is 18.8. The van der Waals surface area contributed by atoms with Crippen LogP contribution in [0.25, 0.3) is 0 Å². The number of pyridine rings is 1. The van der Waals surface area contributed by atoms with E-state index in [2.05, 4.69) is 4.98 Å². The Morgan fingerprint density at radius 3 is 2.83 bits per heavy atom. The Kier molecular flexibility index (Phi) is 3.52. The molecule has 0 atom stereocenters. The van der Waals surface area contributed by atoms with Crippen LogP contribution in [0, 0.1) is 6.92 Å². The van der Waals surface area contributed by atoms with Gasteiger partial charge >= 0.3 is 0 Å². The van der Waals surface area contributed by atoms with Crippen LogP contribution >= 0.6 is 11.6 Å². The summed E-state index contributed by atoms with van der Waals surface area (Å²) in [7, 11) is 0. The molecule has 0 aromatic carbocycles. The molecule has 0 bridgehead atoms. The largest absolute Gasteiger partial charge is 0.333 e. The number of hydrogen-bond acceptors (Lipinski definition) is 2. The number of likely N-dealkylation sites (tertiary alicyclic amines) is 1. The van der Waals surface area contributed by atoms with E-state index in [0.717, 1.165) is 4.90 Å². The maximum atomic E-state index is 13.3. The number of halogens is 3. The van der Waals surface area contributed by atoms with Gasteiger partial charge < -0.3 is 4.90 Å². The molecule has 1 fully saturated rings. The molecule has 0 unspecified atom stereocenters. The lowest BCUT2D eigenvalue weighted by Gasteiger charge is -2.32. The molecule has 2 rings (SSSR count). The molecular formula is C12H13ClF2N2O. The molecule has 98 valence electrons. The van der Waals surface area contributed by atoms with Crippen LogP contribution in [-0.2, 0) is 0 Å². The topological polar surface area (TPSA) is 33.2 Å². The van der Waals surface area contributed by atoms with Crippen LogP contribution in [0.3, 0.4) is 0 Å². The number of amides is 1. The zero-order valence-corrected chi connectivity index (χ0v) is 10.7. The average Bonchev–Trinajstić information content (AvgIpc) is 2.27. The second-order valence-corrected chi connectivity index (χ2v) is 4.84. The van der Waals surface area contributed by atoms with Crippen molar-refractivity contribution in [1.29, 1.82) is 0 Å². The summed E-state index contributed by atoms with van der Waals surface area (Å²) in [6.07, 6.45) is 0.131. The monoisotopic (exact) mass is 274 g/mol. The number of aryl methyl sites for hydroxylation is 1. The molecule has 2 heterocycles. The predicted molar refractivity (Wildman–Crippen MR) is 64.1 cm³/mol. The average molecular weight is 275 g/mol. The molecule has 6 heteroatoms. The van der Waals surface area contributed by atoms with Gasteiger partial charge in [0.15, 0.2) is 0 Å². The minimum Gasteiger partial charge on any atom is -0.333 e. The predicted octanol–water partition coefficient (Wildman–Crippen LogP) is 2.91. The molecule has 0 saturated carbocycles. The van der Waals surface area contributed by atoms with Gasteiger partial charge in [0.05, 0.1) is 12.1 Å². The number of carbonyl (C=O) groups is 1. The highest BCUT2D eigenvalue weighted by molar-refractivity contribution is 6.32. The number of aromatic nitrogens is 1. The van der Waals surface area contributed by atoms with Gasteiger partial charge in [-0.3, -0.25) is 4.79 Å². The molecule has 1 aromatic heterocycles. The van der Waals surface area contributed by atoms with Crippen LogP contribution in [-0.4, -0.2) is 34.8 Å². The summed E-state index contributed by atoms with van der Waals surface area (Å²) in [5.41, 5.74) is 0.862. The quantitative estimate of drug-likeness (QED) is 0.738. The first-order valence-electron chi connectivity index (χ1n) is 5.69. The van der Waals surface area contributed by atoms with E-state index in [9.17, 15) is 13.6 Å². The summed E-state index contributed by atoms with van der Waals surface area (Å²) in [5.74, 6) is -3.29. The first-order chi connectivity index (χ1) is 8.39. The minimum absolute atomic E-state index is 0.0638. The first-order valence-corrected chi connectivity index (χ1v) is 6.07. The van der Waals surface area contributed by atoms with Crippen molar-refractivity contribution in [3.8, 4) is 0 Å². The van der Waals surface area contributed by atoms with E-state index in [-0.39, 0.29) is 17.1 Å². The summed E-state index contributed by atoms with van der Waals surface area (Å²) in [6, 6.07) is 3.17. The zero-order chi connectivity index (χ0) is 13.3. The molecule has 1 aliphatic rings. The summed E-state index contributed by atoms with van der Waals surface area (Å²) in [4.78, 5) is 17.2. The van der Waals surface area contributed by atoms with Gasteiger partial charge in [-0.25, -0.2) is 13.8 Å². The lowest BCUT2D eigenvalue weighted by atomic mass is 10.1. The molecule has 18 heavy (non-hydrogen) atoms. The van der Waals surface area contributed by atoms with E-state index >= 15 is 0 Å². The third-order valence-electron chi connectivity index (χ3n) is 2.90. The lowest BCUT2D eigenvalue weighted by Crippen LogP contribution is -2.45. The van der Waals surface area contributed by atoms with Crippen LogP contribution in [0.5, 0.6) is 0 Å². The molecule has 1 aromatic rings. The first kappa shape index (κ1) is 13.2. The van der Waals surface area contributed by atoms with Gasteiger partial charge in [-0.2, -0.15) is 0 Å². The highest BCUT2D eigenvalue weighted by Gasteiger charge is 2.37. The van der Waals surface area contributed by atoms with E-state index in [1.807, 2.05) is 0 Å². The van der Waals surface area contributed by atoms with E-state index in [4.69, 9.17) is 11.6 Å². The number of hydrogen-bond donors (Lipinski definition) is 0. The van der Waals surface area contributed by atoms with Crippen molar-refractivity contribution in [2.75, 3.05) is 13.1 Å². The van der Waals surface area contributed by atoms with Crippen molar-refractivity contribution in [3.63, 3.8) is 0 Å². The van der Waals surface area contributed by atoms with Gasteiger partial charge in [-0.15, -0.1) is 0 Å². The van der Waals surface area contributed by atoms with E-state index < -0.39 is 18.4 Å². The maximum Gasteiger partial charge on any atom is 0.265 e. The van der Waals surface area contributed by atoms with Gasteiger partial charge in [0.2, 0.25) is 0 Å². The highest BCUT2D eigenvalue weighted by atomic mass is 35.5. The van der Waals surface area contributed by atoms with Crippen molar-refractivity contribution in [2.24, 2.45) is 0 Å². The Hall–Kier alpha value is -1.23. The third kappa shape index (κ3) is 2.77. The minimum atomic E-state index is -2.81. The molecule has 0 N–H and O–H groups in total. The standard InChI is InChI=1S/C12H13ClF2N2O/c1-8-3-4-9(10(13)16-8)11(18)17-6-2-5-12(14,15)7-17/h3-4H,2,5-7H2,1H3. The van der Waals surface area contributed by atoms with Crippen molar-refractivity contribution >= 4 is 17.5 Å². The molecule has 1 saturated heterocycles. The Bertz CT molecular complexity index is 479. The molecular weight excluding hydrogens is 262 g/mol. The fourth-order valence-corrected chi connectivity index (χ4v) is 2.27. The number of piperidine rings is 1. The maximum absolute atomic E-state index is 13.3. The summed E-state index contributed by atoms with van der Waals surface area (Å²) >= 11 is 5.87. The fraction of sp³-hybridized carbons (Fsp3) is 0.500. The van der Waals surface area contributed by atoms with Gasteiger partial charge in [-0.1, -0.05) is 11.6 Å². The van der Waals surface area contributed by atoms with Gasteiger partial charge in [-0.05, 0) is 25.5 Å². The van der Waals surface area contributed by atoms with Crippen LogP contribution in [0.1, 0.15) is 28.9 Å².